The van der Waals surface area contributed by atoms with Gasteiger partial charge in [0.1, 0.15) is 0 Å². The van der Waals surface area contributed by atoms with Crippen LogP contribution >= 0.6 is 11.6 Å². The molecule has 3 nitrogen and oxygen atoms in total. The third-order valence-corrected chi connectivity index (χ3v) is 4.88. The summed E-state index contributed by atoms with van der Waals surface area (Å²) in [6.45, 7) is 6.46. The number of hydrazone groups is 1. The monoisotopic (exact) mass is 339 g/mol. The summed E-state index contributed by atoms with van der Waals surface area (Å²) in [6.07, 6.45) is 2.81. The van der Waals surface area contributed by atoms with Crippen LogP contribution in [0.2, 0.25) is 5.02 Å². The molecule has 2 aromatic carbocycles. The lowest BCUT2D eigenvalue weighted by atomic mass is 9.82. The quantitative estimate of drug-likeness (QED) is 0.542. The van der Waals surface area contributed by atoms with Crippen LogP contribution in [0, 0.1) is 0 Å². The van der Waals surface area contributed by atoms with Crippen LogP contribution in [-0.4, -0.2) is 19.0 Å². The molecule has 1 aliphatic heterocycles. The van der Waals surface area contributed by atoms with Crippen molar-refractivity contribution in [3.63, 3.8) is 0 Å². The van der Waals surface area contributed by atoms with E-state index in [1.807, 2.05) is 37.5 Å². The van der Waals surface area contributed by atoms with E-state index in [1.54, 1.807) is 5.01 Å². The number of aliphatic imine (C=N–C) groups is 1. The topological polar surface area (TPSA) is 28.0 Å². The van der Waals surface area contributed by atoms with Gasteiger partial charge < -0.3 is 0 Å². The van der Waals surface area contributed by atoms with Gasteiger partial charge in [0.05, 0.1) is 28.3 Å². The number of para-hydroxylation sites is 1. The number of nitrogens with zero attached hydrogens (tertiary/aromatic N) is 3. The van der Waals surface area contributed by atoms with E-state index < -0.39 is 0 Å². The smallest absolute Gasteiger partial charge is 0.0777 e. The second-order valence-electron chi connectivity index (χ2n) is 6.55. The molecule has 0 N–H and O–H groups in total. The largest absolute Gasteiger partial charge is 0.267 e. The SMILES string of the molecule is CCc1ccc(N(C)N=CC2=Nc3ccccc3C2(C)C)c(Cl)c1. The van der Waals surface area contributed by atoms with Gasteiger partial charge in [0.15, 0.2) is 0 Å². The Kier molecular flexibility index (Phi) is 4.46. The summed E-state index contributed by atoms with van der Waals surface area (Å²) in [5, 5.41) is 7.07. The fourth-order valence-corrected chi connectivity index (χ4v) is 3.26. The third-order valence-electron chi connectivity index (χ3n) is 4.58. The summed E-state index contributed by atoms with van der Waals surface area (Å²) in [5.74, 6) is 0. The normalized spacial score (nSPS) is 15.5. The molecule has 0 radical (unpaired) electrons. The lowest BCUT2D eigenvalue weighted by Crippen LogP contribution is -2.27. The third kappa shape index (κ3) is 2.96. The summed E-state index contributed by atoms with van der Waals surface area (Å²) in [4.78, 5) is 4.73. The first-order valence-corrected chi connectivity index (χ1v) is 8.56. The molecular formula is C20H22ClN3. The minimum atomic E-state index is -0.142. The lowest BCUT2D eigenvalue weighted by molar-refractivity contribution is 0.744. The van der Waals surface area contributed by atoms with Crippen LogP contribution in [0.3, 0.4) is 0 Å². The Morgan fingerprint density at radius 1 is 1.21 bits per heavy atom. The maximum Gasteiger partial charge on any atom is 0.0777 e. The molecule has 0 aromatic heterocycles. The van der Waals surface area contributed by atoms with Crippen LogP contribution < -0.4 is 5.01 Å². The summed E-state index contributed by atoms with van der Waals surface area (Å²) >= 11 is 6.38. The Hall–Kier alpha value is -2.13. The van der Waals surface area contributed by atoms with Crippen molar-refractivity contribution in [3.8, 4) is 0 Å². The van der Waals surface area contributed by atoms with Gasteiger partial charge in [0.25, 0.3) is 0 Å². The molecule has 124 valence electrons. The predicted octanol–water partition coefficient (Wildman–Crippen LogP) is 5.39. The van der Waals surface area contributed by atoms with E-state index in [0.717, 1.165) is 23.5 Å². The highest BCUT2D eigenvalue weighted by Crippen LogP contribution is 2.39. The second-order valence-corrected chi connectivity index (χ2v) is 6.95. The van der Waals surface area contributed by atoms with E-state index in [1.165, 1.54) is 11.1 Å². The Bertz CT molecular complexity index is 821. The van der Waals surface area contributed by atoms with Crippen molar-refractivity contribution in [2.75, 3.05) is 12.1 Å². The van der Waals surface area contributed by atoms with Crippen LogP contribution in [-0.2, 0) is 11.8 Å². The van der Waals surface area contributed by atoms with E-state index in [4.69, 9.17) is 16.6 Å². The molecule has 0 spiro atoms. The maximum absolute atomic E-state index is 6.38. The highest BCUT2D eigenvalue weighted by molar-refractivity contribution is 6.37. The van der Waals surface area contributed by atoms with E-state index in [0.29, 0.717) is 5.02 Å². The first kappa shape index (κ1) is 16.7. The molecule has 0 amide bonds. The molecule has 2 aromatic rings. The fourth-order valence-electron chi connectivity index (χ4n) is 2.93. The van der Waals surface area contributed by atoms with Crippen molar-refractivity contribution in [1.29, 1.82) is 0 Å². The van der Waals surface area contributed by atoms with Gasteiger partial charge in [-0.15, -0.1) is 0 Å². The van der Waals surface area contributed by atoms with Crippen molar-refractivity contribution in [2.45, 2.75) is 32.6 Å². The molecule has 0 atom stereocenters. The zero-order valence-electron chi connectivity index (χ0n) is 14.5. The standard InChI is InChI=1S/C20H22ClN3/c1-5-14-10-11-18(16(21)12-14)24(4)22-13-19-20(2,3)15-8-6-7-9-17(15)23-19/h6-13H,5H2,1-4H3. The minimum Gasteiger partial charge on any atom is -0.267 e. The highest BCUT2D eigenvalue weighted by atomic mass is 35.5. The lowest BCUT2D eigenvalue weighted by Gasteiger charge is -2.21. The van der Waals surface area contributed by atoms with Crippen molar-refractivity contribution >= 4 is 34.9 Å². The minimum absolute atomic E-state index is 0.142. The summed E-state index contributed by atoms with van der Waals surface area (Å²) in [5.41, 5.74) is 5.18. The number of hydrogen-bond acceptors (Lipinski definition) is 3. The van der Waals surface area contributed by atoms with Crippen molar-refractivity contribution in [2.24, 2.45) is 10.1 Å². The van der Waals surface area contributed by atoms with Gasteiger partial charge in [0.2, 0.25) is 0 Å². The number of hydrogen-bond donors (Lipinski definition) is 0. The van der Waals surface area contributed by atoms with Crippen molar-refractivity contribution < 1.29 is 0 Å². The predicted molar refractivity (Wildman–Crippen MR) is 104 cm³/mol. The molecule has 0 saturated carbocycles. The zero-order valence-corrected chi connectivity index (χ0v) is 15.3. The summed E-state index contributed by atoms with van der Waals surface area (Å²) in [7, 11) is 1.90. The second kappa shape index (κ2) is 6.40. The van der Waals surface area contributed by atoms with Crippen LogP contribution in [0.15, 0.2) is 52.6 Å². The average molecular weight is 340 g/mol. The number of benzene rings is 2. The Morgan fingerprint density at radius 2 is 1.96 bits per heavy atom. The molecule has 3 rings (SSSR count). The molecular weight excluding hydrogens is 318 g/mol. The molecule has 0 bridgehead atoms. The molecule has 0 saturated heterocycles. The van der Waals surface area contributed by atoms with Gasteiger partial charge >= 0.3 is 0 Å². The molecule has 0 aliphatic carbocycles. The van der Waals surface area contributed by atoms with Crippen molar-refractivity contribution in [1.82, 2.24) is 0 Å². The van der Waals surface area contributed by atoms with Gasteiger partial charge in [-0.05, 0) is 35.7 Å². The van der Waals surface area contributed by atoms with Crippen LogP contribution in [0.25, 0.3) is 0 Å². The Balaban J connectivity index is 1.84. The van der Waals surface area contributed by atoms with Crippen LogP contribution in [0.1, 0.15) is 31.9 Å². The van der Waals surface area contributed by atoms with Crippen LogP contribution in [0.4, 0.5) is 11.4 Å². The molecule has 4 heteroatoms. The van der Waals surface area contributed by atoms with Gasteiger partial charge in [-0.2, -0.15) is 5.10 Å². The van der Waals surface area contributed by atoms with E-state index in [-0.39, 0.29) is 5.41 Å². The average Bonchev–Trinajstić information content (AvgIpc) is 2.83. The Labute approximate surface area is 148 Å². The van der Waals surface area contributed by atoms with Crippen molar-refractivity contribution in [3.05, 3.63) is 58.6 Å². The first-order valence-electron chi connectivity index (χ1n) is 8.18. The molecule has 0 unspecified atom stereocenters. The molecule has 0 fully saturated rings. The van der Waals surface area contributed by atoms with Crippen LogP contribution in [0.5, 0.6) is 0 Å². The van der Waals surface area contributed by atoms with E-state index >= 15 is 0 Å². The molecule has 1 aliphatic rings. The first-order chi connectivity index (χ1) is 11.4. The number of rotatable bonds is 4. The van der Waals surface area contributed by atoms with E-state index in [2.05, 4.69) is 44.1 Å². The number of fused-ring (bicyclic) bond motifs is 1. The van der Waals surface area contributed by atoms with Gasteiger partial charge in [-0.1, -0.05) is 56.6 Å². The molecule has 24 heavy (non-hydrogen) atoms. The summed E-state index contributed by atoms with van der Waals surface area (Å²) < 4.78 is 0. The fraction of sp³-hybridized carbons (Fsp3) is 0.300. The van der Waals surface area contributed by atoms with Gasteiger partial charge in [0, 0.05) is 12.5 Å². The number of anilines is 1. The summed E-state index contributed by atoms with van der Waals surface area (Å²) in [6, 6.07) is 14.3. The highest BCUT2D eigenvalue weighted by Gasteiger charge is 2.33. The number of halogens is 1. The maximum atomic E-state index is 6.38. The molecule has 1 heterocycles. The van der Waals surface area contributed by atoms with Gasteiger partial charge in [-0.3, -0.25) is 10.0 Å². The van der Waals surface area contributed by atoms with Gasteiger partial charge in [-0.25, -0.2) is 0 Å². The zero-order chi connectivity index (χ0) is 17.3. The Morgan fingerprint density at radius 3 is 2.62 bits per heavy atom. The van der Waals surface area contributed by atoms with E-state index in [9.17, 15) is 0 Å². The number of aryl methyl sites for hydroxylation is 1.